The lowest BCUT2D eigenvalue weighted by Crippen LogP contribution is -2.39. The third-order valence-corrected chi connectivity index (χ3v) is 2.88. The van der Waals surface area contributed by atoms with Crippen molar-refractivity contribution in [3.05, 3.63) is 23.2 Å². The van der Waals surface area contributed by atoms with Crippen molar-refractivity contribution in [1.29, 1.82) is 0 Å². The number of hydrogen-bond acceptors (Lipinski definition) is 3. The Kier molecular flexibility index (Phi) is 5.32. The van der Waals surface area contributed by atoms with E-state index in [0.717, 1.165) is 0 Å². The predicted molar refractivity (Wildman–Crippen MR) is 77.2 cm³/mol. The maximum absolute atomic E-state index is 11.8. The van der Waals surface area contributed by atoms with Gasteiger partial charge in [0.25, 0.3) is 0 Å². The van der Waals surface area contributed by atoms with Gasteiger partial charge >= 0.3 is 0 Å². The molecule has 0 aliphatic heterocycles. The van der Waals surface area contributed by atoms with E-state index in [9.17, 15) is 9.59 Å². The molecule has 0 bridgehead atoms. The van der Waals surface area contributed by atoms with Crippen LogP contribution in [0.25, 0.3) is 0 Å². The fourth-order valence-corrected chi connectivity index (χ4v) is 1.64. The second kappa shape index (κ2) is 6.54. The lowest BCUT2D eigenvalue weighted by atomic mass is 10.0. The Balaban J connectivity index is 2.79. The molecule has 1 aromatic carbocycles. The molecule has 1 atom stereocenters. The summed E-state index contributed by atoms with van der Waals surface area (Å²) in [6.45, 7) is 5.14. The molecule has 0 spiro atoms. The second-order valence-electron chi connectivity index (χ2n) is 4.63. The number of carbonyl (C=O) groups excluding carboxylic acids is 2. The van der Waals surface area contributed by atoms with Crippen LogP contribution in [0, 0.1) is 5.92 Å². The summed E-state index contributed by atoms with van der Waals surface area (Å²) < 4.78 is 0. The highest BCUT2D eigenvalue weighted by Crippen LogP contribution is 2.25. The summed E-state index contributed by atoms with van der Waals surface area (Å²) >= 11 is 6.00. The molecule has 0 radical (unpaired) electrons. The summed E-state index contributed by atoms with van der Waals surface area (Å²) in [5.41, 5.74) is 6.78. The van der Waals surface area contributed by atoms with E-state index in [0.29, 0.717) is 16.4 Å². The number of nitrogens with two attached hydrogens (primary N) is 1. The van der Waals surface area contributed by atoms with Crippen molar-refractivity contribution < 1.29 is 9.59 Å². The molecule has 6 heteroatoms. The minimum absolute atomic E-state index is 0.0501. The largest absolute Gasteiger partial charge is 0.325 e. The molecule has 0 heterocycles. The van der Waals surface area contributed by atoms with E-state index >= 15 is 0 Å². The monoisotopic (exact) mass is 283 g/mol. The van der Waals surface area contributed by atoms with Gasteiger partial charge in [-0.2, -0.15) is 0 Å². The fourth-order valence-electron chi connectivity index (χ4n) is 1.41. The van der Waals surface area contributed by atoms with Crippen LogP contribution in [-0.4, -0.2) is 17.9 Å². The maximum Gasteiger partial charge on any atom is 0.241 e. The van der Waals surface area contributed by atoms with E-state index in [1.54, 1.807) is 18.2 Å². The fraction of sp³-hybridized carbons (Fsp3) is 0.385. The SMILES string of the molecule is CC(=O)Nc1ccc(NC(=O)[C@H](N)C(C)C)cc1Cl. The number of benzene rings is 1. The summed E-state index contributed by atoms with van der Waals surface area (Å²) in [5, 5.41) is 5.62. The molecule has 19 heavy (non-hydrogen) atoms. The molecule has 0 aromatic heterocycles. The number of amides is 2. The van der Waals surface area contributed by atoms with Crippen LogP contribution in [0.1, 0.15) is 20.8 Å². The standard InChI is InChI=1S/C13H18ClN3O2/c1-7(2)12(15)13(19)17-9-4-5-11(10(14)6-9)16-8(3)18/h4-7,12H,15H2,1-3H3,(H,16,18)(H,17,19)/t12-/m1/s1. The van der Waals surface area contributed by atoms with Gasteiger partial charge in [-0.25, -0.2) is 0 Å². The normalized spacial score (nSPS) is 12.1. The van der Waals surface area contributed by atoms with Gasteiger partial charge in [-0.1, -0.05) is 25.4 Å². The van der Waals surface area contributed by atoms with Gasteiger partial charge in [-0.05, 0) is 24.1 Å². The van der Waals surface area contributed by atoms with Crippen LogP contribution in [0.4, 0.5) is 11.4 Å². The van der Waals surface area contributed by atoms with Crippen molar-refractivity contribution in [2.24, 2.45) is 11.7 Å². The molecule has 2 amide bonds. The molecule has 0 aliphatic carbocycles. The van der Waals surface area contributed by atoms with Gasteiger partial charge in [0.1, 0.15) is 0 Å². The molecular weight excluding hydrogens is 266 g/mol. The first-order valence-corrected chi connectivity index (χ1v) is 6.32. The molecule has 5 nitrogen and oxygen atoms in total. The van der Waals surface area contributed by atoms with Gasteiger partial charge in [-0.3, -0.25) is 9.59 Å². The number of halogens is 1. The highest BCUT2D eigenvalue weighted by atomic mass is 35.5. The first-order chi connectivity index (χ1) is 8.81. The first kappa shape index (κ1) is 15.5. The summed E-state index contributed by atoms with van der Waals surface area (Å²) in [5.74, 6) is -0.423. The molecule has 0 fully saturated rings. The van der Waals surface area contributed by atoms with E-state index in [1.165, 1.54) is 6.92 Å². The van der Waals surface area contributed by atoms with Gasteiger partial charge in [0, 0.05) is 12.6 Å². The summed E-state index contributed by atoms with van der Waals surface area (Å²) in [6.07, 6.45) is 0. The topological polar surface area (TPSA) is 84.2 Å². The Bertz CT molecular complexity index is 489. The number of anilines is 2. The Morgan fingerprint density at radius 2 is 1.89 bits per heavy atom. The average Bonchev–Trinajstić information content (AvgIpc) is 2.31. The van der Waals surface area contributed by atoms with E-state index in [2.05, 4.69) is 10.6 Å². The molecule has 0 aliphatic rings. The quantitative estimate of drug-likeness (QED) is 0.792. The zero-order valence-electron chi connectivity index (χ0n) is 11.2. The van der Waals surface area contributed by atoms with E-state index in [-0.39, 0.29) is 17.7 Å². The summed E-state index contributed by atoms with van der Waals surface area (Å²) in [4.78, 5) is 22.7. The van der Waals surface area contributed by atoms with Crippen LogP contribution >= 0.6 is 11.6 Å². The Labute approximate surface area is 117 Å². The van der Waals surface area contributed by atoms with Gasteiger partial charge in [-0.15, -0.1) is 0 Å². The third kappa shape index (κ3) is 4.54. The number of carbonyl (C=O) groups is 2. The molecular formula is C13H18ClN3O2. The van der Waals surface area contributed by atoms with Crippen molar-refractivity contribution in [2.45, 2.75) is 26.8 Å². The van der Waals surface area contributed by atoms with E-state index in [4.69, 9.17) is 17.3 Å². The molecule has 1 aromatic rings. The van der Waals surface area contributed by atoms with Crippen LogP contribution in [0.5, 0.6) is 0 Å². The van der Waals surface area contributed by atoms with Crippen molar-refractivity contribution in [3.63, 3.8) is 0 Å². The van der Waals surface area contributed by atoms with Crippen LogP contribution in [0.2, 0.25) is 5.02 Å². The third-order valence-electron chi connectivity index (χ3n) is 2.57. The molecule has 0 unspecified atom stereocenters. The smallest absolute Gasteiger partial charge is 0.241 e. The Hall–Kier alpha value is -1.59. The lowest BCUT2D eigenvalue weighted by molar-refractivity contribution is -0.118. The van der Waals surface area contributed by atoms with Crippen molar-refractivity contribution >= 4 is 34.8 Å². The average molecular weight is 284 g/mol. The van der Waals surface area contributed by atoms with Crippen molar-refractivity contribution in [2.75, 3.05) is 10.6 Å². The minimum atomic E-state index is -0.575. The van der Waals surface area contributed by atoms with Gasteiger partial charge < -0.3 is 16.4 Å². The zero-order chi connectivity index (χ0) is 14.6. The molecule has 1 rings (SSSR count). The molecule has 0 saturated carbocycles. The number of hydrogen-bond donors (Lipinski definition) is 3. The first-order valence-electron chi connectivity index (χ1n) is 5.95. The second-order valence-corrected chi connectivity index (χ2v) is 5.04. The van der Waals surface area contributed by atoms with Gasteiger partial charge in [0.2, 0.25) is 11.8 Å². The highest BCUT2D eigenvalue weighted by Gasteiger charge is 2.17. The Morgan fingerprint density at radius 3 is 2.37 bits per heavy atom. The summed E-state index contributed by atoms with van der Waals surface area (Å²) in [7, 11) is 0. The zero-order valence-corrected chi connectivity index (χ0v) is 11.9. The maximum atomic E-state index is 11.8. The van der Waals surface area contributed by atoms with Crippen molar-refractivity contribution in [3.8, 4) is 0 Å². The predicted octanol–water partition coefficient (Wildman–Crippen LogP) is 2.22. The van der Waals surface area contributed by atoms with Crippen LogP contribution < -0.4 is 16.4 Å². The lowest BCUT2D eigenvalue weighted by Gasteiger charge is -2.16. The molecule has 4 N–H and O–H groups in total. The highest BCUT2D eigenvalue weighted by molar-refractivity contribution is 6.34. The number of nitrogens with one attached hydrogen (secondary N) is 2. The summed E-state index contributed by atoms with van der Waals surface area (Å²) in [6, 6.07) is 4.27. The van der Waals surface area contributed by atoms with Gasteiger partial charge in [0.15, 0.2) is 0 Å². The van der Waals surface area contributed by atoms with Crippen LogP contribution in [0.15, 0.2) is 18.2 Å². The van der Waals surface area contributed by atoms with Crippen molar-refractivity contribution in [1.82, 2.24) is 0 Å². The van der Waals surface area contributed by atoms with E-state index in [1.807, 2.05) is 13.8 Å². The van der Waals surface area contributed by atoms with Gasteiger partial charge in [0.05, 0.1) is 16.8 Å². The van der Waals surface area contributed by atoms with Crippen LogP contribution in [0.3, 0.4) is 0 Å². The minimum Gasteiger partial charge on any atom is -0.325 e. The Morgan fingerprint density at radius 1 is 1.26 bits per heavy atom. The van der Waals surface area contributed by atoms with Crippen LogP contribution in [-0.2, 0) is 9.59 Å². The van der Waals surface area contributed by atoms with E-state index < -0.39 is 6.04 Å². The number of rotatable bonds is 4. The molecule has 104 valence electrons. The molecule has 0 saturated heterocycles.